The second kappa shape index (κ2) is 10.5. The second-order valence-corrected chi connectivity index (χ2v) is 16.5. The molecule has 1 aliphatic carbocycles. The highest BCUT2D eigenvalue weighted by Gasteiger charge is 2.36. The highest BCUT2D eigenvalue weighted by molar-refractivity contribution is 14.2. The van der Waals surface area contributed by atoms with Gasteiger partial charge in [-0.15, -0.1) is 0 Å². The lowest BCUT2D eigenvalue weighted by Crippen LogP contribution is -2.50. The topological polar surface area (TPSA) is 56.2 Å². The number of fused-ring (bicyclic) bond motifs is 2. The Bertz CT molecular complexity index is 1390. The van der Waals surface area contributed by atoms with Crippen LogP contribution in [0.15, 0.2) is 34.2 Å². The van der Waals surface area contributed by atoms with Crippen LogP contribution in [0.4, 0.5) is 17.1 Å². The molecule has 1 unspecified atom stereocenters. The van der Waals surface area contributed by atoms with Gasteiger partial charge in [0.15, 0.2) is 0 Å². The summed E-state index contributed by atoms with van der Waals surface area (Å²) in [5.41, 5.74) is 6.16. The lowest BCUT2D eigenvalue weighted by Gasteiger charge is -2.37. The van der Waals surface area contributed by atoms with Crippen LogP contribution in [0.3, 0.4) is 0 Å². The maximum atomic E-state index is 13.1. The molecule has 9 heteroatoms. The molecule has 36 heavy (non-hydrogen) atoms. The Kier molecular flexibility index (Phi) is 7.74. The molecule has 3 aliphatic rings. The predicted molar refractivity (Wildman–Crippen MR) is 160 cm³/mol. The van der Waals surface area contributed by atoms with E-state index < -0.39 is 10.0 Å². The van der Waals surface area contributed by atoms with Crippen molar-refractivity contribution < 1.29 is 8.42 Å². The zero-order chi connectivity index (χ0) is 25.6. The molecule has 2 aromatic rings. The van der Waals surface area contributed by atoms with Gasteiger partial charge in [0.05, 0.1) is 16.3 Å². The molecule has 1 saturated carbocycles. The molecule has 0 radical (unpaired) electrons. The van der Waals surface area contributed by atoms with Gasteiger partial charge in [-0.2, -0.15) is 4.31 Å². The molecule has 1 saturated heterocycles. The third kappa shape index (κ3) is 4.73. The molecule has 5 rings (SSSR count). The Balaban J connectivity index is 1.49. The van der Waals surface area contributed by atoms with E-state index in [1.165, 1.54) is 31.9 Å². The van der Waals surface area contributed by atoms with E-state index in [4.69, 9.17) is 4.99 Å². The standard InChI is InChI=1S/C27H37IN4O2S2/c1-5-19-15-21(30(3)4)17-24-26(19)29-27-20(6-2)16-22(18-25(27)35(24)28)31-11-13-32(14-12-31)36(33,34)23-9-7-8-10-23/h15-18,23H,5-14H2,1-4H3. The third-order valence-corrected chi connectivity index (χ3v) is 14.5. The molecule has 0 bridgehead atoms. The lowest BCUT2D eigenvalue weighted by molar-refractivity contribution is 0.378. The molecule has 0 spiro atoms. The molecule has 1 atom stereocenters. The molecule has 0 amide bonds. The summed E-state index contributed by atoms with van der Waals surface area (Å²) in [5.74, 6) is 0. The van der Waals surface area contributed by atoms with Crippen molar-refractivity contribution in [2.45, 2.75) is 62.5 Å². The maximum Gasteiger partial charge on any atom is 0.217 e. The van der Waals surface area contributed by atoms with Gasteiger partial charge in [0.2, 0.25) is 10.0 Å². The minimum Gasteiger partial charge on any atom is -0.378 e. The number of nitrogens with zero attached hydrogens (tertiary/aromatic N) is 4. The molecule has 6 nitrogen and oxygen atoms in total. The van der Waals surface area contributed by atoms with Crippen molar-refractivity contribution in [3.8, 4) is 0 Å². The minimum absolute atomic E-state index is 0.112. The number of sulfonamides is 1. The lowest BCUT2D eigenvalue weighted by atomic mass is 10.1. The van der Waals surface area contributed by atoms with Crippen LogP contribution in [-0.4, -0.2) is 58.2 Å². The van der Waals surface area contributed by atoms with E-state index in [0.29, 0.717) is 13.1 Å². The molecule has 2 fully saturated rings. The second-order valence-electron chi connectivity index (χ2n) is 10.2. The van der Waals surface area contributed by atoms with Gasteiger partial charge in [-0.05, 0) is 82.3 Å². The normalized spacial score (nSPS) is 20.7. The van der Waals surface area contributed by atoms with E-state index in [1.54, 1.807) is 4.31 Å². The van der Waals surface area contributed by atoms with Crippen molar-refractivity contribution in [3.05, 3.63) is 45.3 Å². The molecule has 196 valence electrons. The number of halogens is 1. The van der Waals surface area contributed by atoms with Crippen LogP contribution in [-0.2, 0) is 22.9 Å². The number of benzene rings is 2. The Morgan fingerprint density at radius 2 is 1.67 bits per heavy atom. The fourth-order valence-electron chi connectivity index (χ4n) is 5.63. The van der Waals surface area contributed by atoms with Crippen molar-refractivity contribution in [1.82, 2.24) is 4.31 Å². The Labute approximate surface area is 230 Å². The summed E-state index contributed by atoms with van der Waals surface area (Å²) < 4.78 is 29.3. The first kappa shape index (κ1) is 26.4. The zero-order valence-electron chi connectivity index (χ0n) is 21.8. The number of hydrogen-bond acceptors (Lipinski definition) is 5. The van der Waals surface area contributed by atoms with Gasteiger partial charge in [-0.25, -0.2) is 13.4 Å². The van der Waals surface area contributed by atoms with Crippen molar-refractivity contribution in [2.75, 3.05) is 50.1 Å². The van der Waals surface area contributed by atoms with Crippen LogP contribution in [0.25, 0.3) is 0 Å². The SMILES string of the molecule is CCc1cc(N2CCN(S(=O)(=O)C3CCCC3)CC2)cc2c1N=c1c(CC)cc(N(C)C)cc1=S2I. The van der Waals surface area contributed by atoms with Crippen LogP contribution in [0.2, 0.25) is 0 Å². The Morgan fingerprint density at radius 3 is 2.28 bits per heavy atom. The molecule has 2 heterocycles. The molecule has 2 aliphatic heterocycles. The molecule has 0 N–H and O–H groups in total. The summed E-state index contributed by atoms with van der Waals surface area (Å²) in [6.07, 6.45) is 5.62. The Morgan fingerprint density at radius 1 is 1.00 bits per heavy atom. The quantitative estimate of drug-likeness (QED) is 0.311. The van der Waals surface area contributed by atoms with Gasteiger partial charge >= 0.3 is 0 Å². The molecular weight excluding hydrogens is 603 g/mol. The monoisotopic (exact) mass is 640 g/mol. The van der Waals surface area contributed by atoms with Crippen LogP contribution < -0.4 is 15.2 Å². The average molecular weight is 641 g/mol. The van der Waals surface area contributed by atoms with Crippen LogP contribution in [0, 0.1) is 4.51 Å². The third-order valence-electron chi connectivity index (χ3n) is 7.85. The van der Waals surface area contributed by atoms with Crippen LogP contribution >= 0.6 is 28.9 Å². The summed E-state index contributed by atoms with van der Waals surface area (Å²) in [6.45, 7) is 7.04. The van der Waals surface area contributed by atoms with Gasteiger partial charge in [0, 0.05) is 61.1 Å². The first-order valence-electron chi connectivity index (χ1n) is 13.1. The Hall–Kier alpha value is -1.17. The number of anilines is 2. The smallest absolute Gasteiger partial charge is 0.217 e. The van der Waals surface area contributed by atoms with E-state index in [-0.39, 0.29) is 12.9 Å². The first-order chi connectivity index (χ1) is 17.2. The number of aryl methyl sites for hydroxylation is 2. The number of hydrogen-bond donors (Lipinski definition) is 0. The fourth-order valence-corrected chi connectivity index (χ4v) is 11.0. The van der Waals surface area contributed by atoms with Gasteiger partial charge in [-0.3, -0.25) is 0 Å². The summed E-state index contributed by atoms with van der Waals surface area (Å²) in [5, 5.41) is 0.990. The van der Waals surface area contributed by atoms with Gasteiger partial charge in [0.1, 0.15) is 0 Å². The summed E-state index contributed by atoms with van der Waals surface area (Å²) in [6, 6.07) is 9.20. The largest absolute Gasteiger partial charge is 0.378 e. The first-order valence-corrected chi connectivity index (χ1v) is 18.4. The minimum atomic E-state index is -3.17. The van der Waals surface area contributed by atoms with E-state index in [9.17, 15) is 8.42 Å². The van der Waals surface area contributed by atoms with Crippen molar-refractivity contribution in [3.63, 3.8) is 0 Å². The molecular formula is C27H37IN4O2S2. The van der Waals surface area contributed by atoms with Gasteiger partial charge in [0.25, 0.3) is 0 Å². The highest BCUT2D eigenvalue weighted by atomic mass is 127. The van der Waals surface area contributed by atoms with E-state index in [0.717, 1.165) is 62.7 Å². The predicted octanol–water partition coefficient (Wildman–Crippen LogP) is 5.47. The van der Waals surface area contributed by atoms with E-state index >= 15 is 0 Å². The van der Waals surface area contributed by atoms with Crippen molar-refractivity contribution in [2.24, 2.45) is 4.99 Å². The molecule has 2 aromatic carbocycles. The molecule has 0 aromatic heterocycles. The zero-order valence-corrected chi connectivity index (χ0v) is 25.5. The van der Waals surface area contributed by atoms with Crippen LogP contribution in [0.5, 0.6) is 0 Å². The summed E-state index contributed by atoms with van der Waals surface area (Å²) >= 11 is 2.61. The maximum absolute atomic E-state index is 13.1. The number of piperazine rings is 1. The van der Waals surface area contributed by atoms with Gasteiger partial charge < -0.3 is 9.80 Å². The van der Waals surface area contributed by atoms with E-state index in [2.05, 4.69) is 83.2 Å². The number of rotatable bonds is 6. The van der Waals surface area contributed by atoms with Gasteiger partial charge in [-0.1, -0.05) is 34.3 Å². The highest BCUT2D eigenvalue weighted by Crippen LogP contribution is 2.48. The van der Waals surface area contributed by atoms with Crippen molar-refractivity contribution >= 4 is 55.9 Å². The van der Waals surface area contributed by atoms with E-state index in [1.807, 2.05) is 0 Å². The fraction of sp³-hybridized carbons (Fsp3) is 0.556. The van der Waals surface area contributed by atoms with Crippen LogP contribution in [0.1, 0.15) is 50.7 Å². The summed E-state index contributed by atoms with van der Waals surface area (Å²) in [4.78, 5) is 11.1. The summed E-state index contributed by atoms with van der Waals surface area (Å²) in [7, 11) is 0.917. The average Bonchev–Trinajstić information content (AvgIpc) is 3.44. The van der Waals surface area contributed by atoms with Crippen molar-refractivity contribution in [1.29, 1.82) is 0 Å².